The van der Waals surface area contributed by atoms with Crippen molar-refractivity contribution in [2.75, 3.05) is 0 Å². The van der Waals surface area contributed by atoms with E-state index in [-0.39, 0.29) is 0 Å². The lowest BCUT2D eigenvalue weighted by atomic mass is 9.77. The molecule has 0 N–H and O–H groups in total. The van der Waals surface area contributed by atoms with E-state index < -0.39 is 0 Å². The predicted octanol–water partition coefficient (Wildman–Crippen LogP) is 4.95. The first-order valence-electron chi connectivity index (χ1n) is 6.37. The van der Waals surface area contributed by atoms with Crippen molar-refractivity contribution in [3.8, 4) is 0 Å². The topological polar surface area (TPSA) is 0 Å². The van der Waals surface area contributed by atoms with Gasteiger partial charge in [0, 0.05) is 0 Å². The molecule has 82 valence electrons. The molecule has 0 bridgehead atoms. The fraction of sp³-hybridized carbons (Fsp3) is 0.857. The molecule has 1 rings (SSSR count). The second-order valence-electron chi connectivity index (χ2n) is 5.01. The van der Waals surface area contributed by atoms with Gasteiger partial charge in [-0.2, -0.15) is 0 Å². The summed E-state index contributed by atoms with van der Waals surface area (Å²) in [6.45, 7) is 9.37. The highest BCUT2D eigenvalue weighted by molar-refractivity contribution is 5.18. The van der Waals surface area contributed by atoms with Crippen LogP contribution in [0.1, 0.15) is 66.2 Å². The molecular formula is C14H26. The highest BCUT2D eigenvalue weighted by atomic mass is 14.3. The molecule has 14 heavy (non-hydrogen) atoms. The van der Waals surface area contributed by atoms with Crippen molar-refractivity contribution < 1.29 is 0 Å². The van der Waals surface area contributed by atoms with Crippen LogP contribution in [0.25, 0.3) is 0 Å². The van der Waals surface area contributed by atoms with Gasteiger partial charge in [0.1, 0.15) is 0 Å². The van der Waals surface area contributed by atoms with Gasteiger partial charge in [0.15, 0.2) is 0 Å². The van der Waals surface area contributed by atoms with Crippen LogP contribution < -0.4 is 0 Å². The minimum atomic E-state index is 0.828. The smallest absolute Gasteiger partial charge is 0.0232 e. The zero-order chi connectivity index (χ0) is 10.6. The molecule has 2 unspecified atom stereocenters. The van der Waals surface area contributed by atoms with Crippen molar-refractivity contribution in [1.82, 2.24) is 0 Å². The zero-order valence-corrected chi connectivity index (χ0v) is 10.4. The first-order chi connectivity index (χ1) is 6.69. The quantitative estimate of drug-likeness (QED) is 0.555. The molecule has 0 nitrogen and oxygen atoms in total. The van der Waals surface area contributed by atoms with Crippen molar-refractivity contribution in [3.05, 3.63) is 11.1 Å². The lowest BCUT2D eigenvalue weighted by Gasteiger charge is -2.29. The Hall–Kier alpha value is -0.260. The maximum atomic E-state index is 2.40. The van der Waals surface area contributed by atoms with E-state index in [1.54, 1.807) is 11.1 Å². The largest absolute Gasteiger partial charge is 0.0738 e. The lowest BCUT2D eigenvalue weighted by molar-refractivity contribution is 0.395. The summed E-state index contributed by atoms with van der Waals surface area (Å²) in [5, 5.41) is 0. The van der Waals surface area contributed by atoms with Crippen molar-refractivity contribution in [1.29, 1.82) is 0 Å². The summed E-state index contributed by atoms with van der Waals surface area (Å²) in [7, 11) is 0. The molecule has 0 aromatic carbocycles. The van der Waals surface area contributed by atoms with E-state index in [0.29, 0.717) is 0 Å². The van der Waals surface area contributed by atoms with Crippen LogP contribution in [0.4, 0.5) is 0 Å². The molecule has 1 aliphatic rings. The summed E-state index contributed by atoms with van der Waals surface area (Å²) >= 11 is 0. The molecule has 0 aromatic rings. The van der Waals surface area contributed by atoms with Gasteiger partial charge in [-0.3, -0.25) is 0 Å². The Morgan fingerprint density at radius 1 is 1.36 bits per heavy atom. The molecule has 0 amide bonds. The lowest BCUT2D eigenvalue weighted by Crippen LogP contribution is -2.13. The van der Waals surface area contributed by atoms with E-state index in [4.69, 9.17) is 0 Å². The van der Waals surface area contributed by atoms with E-state index in [1.165, 1.54) is 38.5 Å². The van der Waals surface area contributed by atoms with Gasteiger partial charge in [0.25, 0.3) is 0 Å². The summed E-state index contributed by atoms with van der Waals surface area (Å²) in [6.07, 6.45) is 8.31. The molecule has 0 spiro atoms. The Labute approximate surface area is 89.8 Å². The summed E-state index contributed by atoms with van der Waals surface area (Å²) in [5.74, 6) is 1.82. The Kier molecular flexibility index (Phi) is 4.71. The van der Waals surface area contributed by atoms with Gasteiger partial charge in [-0.05, 0) is 44.4 Å². The van der Waals surface area contributed by atoms with E-state index in [1.807, 2.05) is 0 Å². The molecule has 0 fully saturated rings. The molecule has 0 aliphatic heterocycles. The standard InChI is InChI=1S/C14H26/c1-5-7-13-9-8-12(4)14(10-13)11(3)6-2/h11,13H,5-10H2,1-4H3. The maximum Gasteiger partial charge on any atom is -0.0232 e. The van der Waals surface area contributed by atoms with Gasteiger partial charge in [-0.1, -0.05) is 44.8 Å². The third-order valence-electron chi connectivity index (χ3n) is 3.89. The fourth-order valence-corrected chi connectivity index (χ4v) is 2.69. The zero-order valence-electron chi connectivity index (χ0n) is 10.4. The summed E-state index contributed by atoms with van der Waals surface area (Å²) in [4.78, 5) is 0. The molecule has 0 heterocycles. The van der Waals surface area contributed by atoms with Gasteiger partial charge >= 0.3 is 0 Å². The van der Waals surface area contributed by atoms with E-state index in [0.717, 1.165) is 11.8 Å². The third kappa shape index (κ3) is 2.87. The third-order valence-corrected chi connectivity index (χ3v) is 3.89. The first-order valence-corrected chi connectivity index (χ1v) is 6.37. The minimum Gasteiger partial charge on any atom is -0.0738 e. The molecule has 0 radical (unpaired) electrons. The summed E-state index contributed by atoms with van der Waals surface area (Å²) < 4.78 is 0. The van der Waals surface area contributed by atoms with Gasteiger partial charge < -0.3 is 0 Å². The molecule has 0 aromatic heterocycles. The van der Waals surface area contributed by atoms with Crippen LogP contribution in [0.2, 0.25) is 0 Å². The monoisotopic (exact) mass is 194 g/mol. The molecule has 1 aliphatic carbocycles. The Balaban J connectivity index is 2.61. The SMILES string of the molecule is CCCC1CCC(C)=C(C(C)CC)C1. The van der Waals surface area contributed by atoms with Crippen molar-refractivity contribution in [3.63, 3.8) is 0 Å². The second-order valence-corrected chi connectivity index (χ2v) is 5.01. The van der Waals surface area contributed by atoms with Gasteiger partial charge in [0.2, 0.25) is 0 Å². The van der Waals surface area contributed by atoms with Crippen LogP contribution in [0, 0.1) is 11.8 Å². The van der Waals surface area contributed by atoms with E-state index >= 15 is 0 Å². The fourth-order valence-electron chi connectivity index (χ4n) is 2.69. The molecule has 0 saturated carbocycles. The predicted molar refractivity (Wildman–Crippen MR) is 64.4 cm³/mol. The molecule has 0 heteroatoms. The molecule has 0 saturated heterocycles. The average molecular weight is 194 g/mol. The molecule has 2 atom stereocenters. The highest BCUT2D eigenvalue weighted by Crippen LogP contribution is 2.36. The molecular weight excluding hydrogens is 168 g/mol. The Morgan fingerprint density at radius 2 is 2.07 bits per heavy atom. The van der Waals surface area contributed by atoms with Gasteiger partial charge in [0.05, 0.1) is 0 Å². The normalized spacial score (nSPS) is 25.3. The van der Waals surface area contributed by atoms with Crippen molar-refractivity contribution in [2.45, 2.75) is 66.2 Å². The van der Waals surface area contributed by atoms with Gasteiger partial charge in [-0.15, -0.1) is 0 Å². The maximum absolute atomic E-state index is 2.40. The van der Waals surface area contributed by atoms with E-state index in [9.17, 15) is 0 Å². The average Bonchev–Trinajstić information content (AvgIpc) is 2.20. The number of hydrogen-bond acceptors (Lipinski definition) is 0. The van der Waals surface area contributed by atoms with Crippen LogP contribution in [0.15, 0.2) is 11.1 Å². The van der Waals surface area contributed by atoms with Gasteiger partial charge in [-0.25, -0.2) is 0 Å². The summed E-state index contributed by atoms with van der Waals surface area (Å²) in [5.41, 5.74) is 3.49. The van der Waals surface area contributed by atoms with Crippen molar-refractivity contribution in [2.24, 2.45) is 11.8 Å². The van der Waals surface area contributed by atoms with Crippen LogP contribution in [0.3, 0.4) is 0 Å². The number of rotatable bonds is 4. The van der Waals surface area contributed by atoms with E-state index in [2.05, 4.69) is 27.7 Å². The van der Waals surface area contributed by atoms with Crippen LogP contribution in [-0.4, -0.2) is 0 Å². The first kappa shape index (κ1) is 11.8. The highest BCUT2D eigenvalue weighted by Gasteiger charge is 2.20. The Morgan fingerprint density at radius 3 is 2.64 bits per heavy atom. The Bertz CT molecular complexity index is 200. The second kappa shape index (κ2) is 5.58. The van der Waals surface area contributed by atoms with Crippen molar-refractivity contribution >= 4 is 0 Å². The van der Waals surface area contributed by atoms with Crippen LogP contribution in [-0.2, 0) is 0 Å². The summed E-state index contributed by atoms with van der Waals surface area (Å²) in [6, 6.07) is 0. The number of hydrogen-bond donors (Lipinski definition) is 0. The minimum absolute atomic E-state index is 0.828. The van der Waals surface area contributed by atoms with Crippen LogP contribution in [0.5, 0.6) is 0 Å². The number of allylic oxidation sites excluding steroid dienone is 2. The van der Waals surface area contributed by atoms with Crippen LogP contribution >= 0.6 is 0 Å².